The molecule has 0 aromatic heterocycles. The van der Waals surface area contributed by atoms with Crippen LogP contribution in [0.5, 0.6) is 0 Å². The average Bonchev–Trinajstić information content (AvgIpc) is 2.42. The van der Waals surface area contributed by atoms with E-state index in [1.165, 1.54) is 0 Å². The number of piperidine rings is 2. The molecule has 130 valence electrons. The van der Waals surface area contributed by atoms with E-state index in [0.29, 0.717) is 19.4 Å². The van der Waals surface area contributed by atoms with Crippen molar-refractivity contribution in [2.45, 2.75) is 57.3 Å². The van der Waals surface area contributed by atoms with E-state index in [2.05, 4.69) is 5.32 Å². The van der Waals surface area contributed by atoms with Crippen LogP contribution in [-0.4, -0.2) is 64.1 Å². The second-order valence-corrected chi connectivity index (χ2v) is 8.21. The number of fused-ring (bicyclic) bond motifs is 3. The molecule has 4 fully saturated rings. The Hall–Kier alpha value is -1.34. The van der Waals surface area contributed by atoms with Gasteiger partial charge in [-0.1, -0.05) is 0 Å². The van der Waals surface area contributed by atoms with Crippen molar-refractivity contribution in [1.29, 1.82) is 0 Å². The Morgan fingerprint density at radius 1 is 1.26 bits per heavy atom. The number of rotatable bonds is 2. The van der Waals surface area contributed by atoms with Crippen molar-refractivity contribution in [3.8, 4) is 0 Å². The molecule has 7 heteroatoms. The fourth-order valence-electron chi connectivity index (χ4n) is 4.45. The zero-order chi connectivity index (χ0) is 17.0. The van der Waals surface area contributed by atoms with E-state index in [4.69, 9.17) is 4.74 Å². The first-order chi connectivity index (χ1) is 10.6. The molecule has 1 amide bonds. The Morgan fingerprint density at radius 2 is 1.91 bits per heavy atom. The second kappa shape index (κ2) is 5.08. The molecule has 3 aliphatic heterocycles. The Labute approximate surface area is 136 Å². The molecule has 23 heavy (non-hydrogen) atoms. The third kappa shape index (κ3) is 2.41. The Balaban J connectivity index is 1.94. The van der Waals surface area contributed by atoms with E-state index in [1.54, 1.807) is 25.7 Å². The summed E-state index contributed by atoms with van der Waals surface area (Å²) >= 11 is 0. The van der Waals surface area contributed by atoms with E-state index in [-0.39, 0.29) is 19.0 Å². The molecule has 3 heterocycles. The first-order valence-corrected chi connectivity index (χ1v) is 8.25. The molecular formula is C16H26N2O5. The van der Waals surface area contributed by atoms with E-state index in [0.717, 1.165) is 6.42 Å². The predicted octanol–water partition coefficient (Wildman–Crippen LogP) is 0.811. The highest BCUT2D eigenvalue weighted by atomic mass is 16.6. The summed E-state index contributed by atoms with van der Waals surface area (Å²) in [6, 6.07) is -0.521. The molecule has 2 bridgehead atoms. The van der Waals surface area contributed by atoms with E-state index in [9.17, 15) is 19.8 Å². The monoisotopic (exact) mass is 326 g/mol. The molecule has 0 spiro atoms. The largest absolute Gasteiger partial charge is 0.481 e. The van der Waals surface area contributed by atoms with Gasteiger partial charge in [0.25, 0.3) is 0 Å². The number of aliphatic hydroxyl groups is 1. The quantitative estimate of drug-likeness (QED) is 0.694. The normalized spacial score (nSPS) is 35.6. The van der Waals surface area contributed by atoms with E-state index < -0.39 is 34.7 Å². The van der Waals surface area contributed by atoms with Gasteiger partial charge in [-0.25, -0.2) is 4.79 Å². The highest BCUT2D eigenvalue weighted by Gasteiger charge is 2.68. The number of carboxylic acids is 1. The van der Waals surface area contributed by atoms with Crippen LogP contribution < -0.4 is 5.32 Å². The standard InChI is InChI=1S/C16H26N2O5/c1-14(2,3)23-13(21)18-7-10-4-5-11(18)16(6-10,12(19)20)15(22)8-17-9-15/h10-11,17,22H,4-9H2,1-3H3,(H,19,20). The molecule has 0 radical (unpaired) electrons. The molecule has 3 saturated heterocycles. The number of hydrogen-bond acceptors (Lipinski definition) is 5. The maximum atomic E-state index is 12.6. The number of aliphatic carboxylic acids is 1. The number of β-amino-alcohol motifs (C(OH)–C–C–N with tert-alkyl or cyclic N) is 1. The Bertz CT molecular complexity index is 525. The summed E-state index contributed by atoms with van der Waals surface area (Å²) in [5, 5.41) is 23.8. The van der Waals surface area contributed by atoms with Crippen LogP contribution in [0, 0.1) is 11.3 Å². The van der Waals surface area contributed by atoms with Gasteiger partial charge in [0.15, 0.2) is 0 Å². The number of carbonyl (C=O) groups excluding carboxylic acids is 1. The molecule has 4 rings (SSSR count). The number of nitrogens with one attached hydrogen (secondary N) is 1. The molecular weight excluding hydrogens is 300 g/mol. The number of amides is 1. The Morgan fingerprint density at radius 3 is 2.35 bits per heavy atom. The molecule has 0 aromatic rings. The van der Waals surface area contributed by atoms with Crippen molar-refractivity contribution >= 4 is 12.1 Å². The maximum Gasteiger partial charge on any atom is 0.410 e. The van der Waals surface area contributed by atoms with Crippen molar-refractivity contribution in [1.82, 2.24) is 10.2 Å². The van der Waals surface area contributed by atoms with Gasteiger partial charge in [-0.05, 0) is 46.0 Å². The highest BCUT2D eigenvalue weighted by Crippen LogP contribution is 2.54. The minimum Gasteiger partial charge on any atom is -0.481 e. The van der Waals surface area contributed by atoms with Crippen LogP contribution in [0.25, 0.3) is 0 Å². The summed E-state index contributed by atoms with van der Waals surface area (Å²) in [4.78, 5) is 26.3. The van der Waals surface area contributed by atoms with Crippen LogP contribution in [0.3, 0.4) is 0 Å². The molecule has 4 aliphatic rings. The fraction of sp³-hybridized carbons (Fsp3) is 0.875. The lowest BCUT2D eigenvalue weighted by atomic mass is 9.53. The first kappa shape index (κ1) is 16.5. The summed E-state index contributed by atoms with van der Waals surface area (Å²) in [6.07, 6.45) is 1.43. The minimum atomic E-state index is -1.31. The molecule has 3 atom stereocenters. The first-order valence-electron chi connectivity index (χ1n) is 8.25. The molecule has 1 aliphatic carbocycles. The summed E-state index contributed by atoms with van der Waals surface area (Å²) in [5.74, 6) is -0.919. The van der Waals surface area contributed by atoms with Crippen molar-refractivity contribution in [3.05, 3.63) is 0 Å². The number of nitrogens with zero attached hydrogens (tertiary/aromatic N) is 1. The highest BCUT2D eigenvalue weighted by molar-refractivity contribution is 5.80. The van der Waals surface area contributed by atoms with Crippen molar-refractivity contribution in [3.63, 3.8) is 0 Å². The SMILES string of the molecule is CC(C)(C)OC(=O)N1CC2CCC1C(C(=O)O)(C1(O)CNC1)C2. The maximum absolute atomic E-state index is 12.6. The van der Waals surface area contributed by atoms with Crippen LogP contribution in [0.2, 0.25) is 0 Å². The summed E-state index contributed by atoms with van der Waals surface area (Å²) in [7, 11) is 0. The van der Waals surface area contributed by atoms with E-state index in [1.807, 2.05) is 0 Å². The molecule has 1 saturated carbocycles. The smallest absolute Gasteiger partial charge is 0.410 e. The van der Waals surface area contributed by atoms with Crippen molar-refractivity contribution in [2.24, 2.45) is 11.3 Å². The summed E-state index contributed by atoms with van der Waals surface area (Å²) in [5.41, 5.74) is -3.24. The van der Waals surface area contributed by atoms with Gasteiger partial charge < -0.3 is 25.2 Å². The second-order valence-electron chi connectivity index (χ2n) is 8.21. The van der Waals surface area contributed by atoms with Gasteiger partial charge in [0.05, 0.1) is 6.04 Å². The molecule has 3 N–H and O–H groups in total. The van der Waals surface area contributed by atoms with Gasteiger partial charge in [-0.2, -0.15) is 0 Å². The van der Waals surface area contributed by atoms with Gasteiger partial charge in [-0.15, -0.1) is 0 Å². The minimum absolute atomic E-state index is 0.0910. The fourth-order valence-corrected chi connectivity index (χ4v) is 4.45. The average molecular weight is 326 g/mol. The van der Waals surface area contributed by atoms with E-state index >= 15 is 0 Å². The third-order valence-electron chi connectivity index (χ3n) is 5.53. The number of ether oxygens (including phenoxy) is 1. The van der Waals surface area contributed by atoms with Crippen LogP contribution >= 0.6 is 0 Å². The van der Waals surface area contributed by atoms with Gasteiger partial charge in [0, 0.05) is 19.6 Å². The lowest BCUT2D eigenvalue weighted by molar-refractivity contribution is -0.214. The zero-order valence-corrected chi connectivity index (χ0v) is 14.0. The lowest BCUT2D eigenvalue weighted by Crippen LogP contribution is -2.79. The van der Waals surface area contributed by atoms with Crippen LogP contribution in [0.4, 0.5) is 4.79 Å². The molecule has 0 aromatic carbocycles. The van der Waals surface area contributed by atoms with Crippen LogP contribution in [0.1, 0.15) is 40.0 Å². The zero-order valence-electron chi connectivity index (χ0n) is 14.0. The van der Waals surface area contributed by atoms with Gasteiger partial charge in [0.1, 0.15) is 16.6 Å². The number of carboxylic acid groups (broad SMARTS) is 1. The number of hydrogen-bond donors (Lipinski definition) is 3. The third-order valence-corrected chi connectivity index (χ3v) is 5.53. The van der Waals surface area contributed by atoms with Crippen molar-refractivity contribution < 1.29 is 24.5 Å². The molecule has 3 unspecified atom stereocenters. The number of carbonyl (C=O) groups is 2. The summed E-state index contributed by atoms with van der Waals surface area (Å²) < 4.78 is 5.46. The van der Waals surface area contributed by atoms with Gasteiger partial charge >= 0.3 is 12.1 Å². The van der Waals surface area contributed by atoms with Crippen molar-refractivity contribution in [2.75, 3.05) is 19.6 Å². The van der Waals surface area contributed by atoms with Gasteiger partial charge in [-0.3, -0.25) is 4.79 Å². The van der Waals surface area contributed by atoms with Gasteiger partial charge in [0.2, 0.25) is 0 Å². The molecule has 7 nitrogen and oxygen atoms in total. The predicted molar refractivity (Wildman–Crippen MR) is 82.0 cm³/mol. The van der Waals surface area contributed by atoms with Crippen LogP contribution in [-0.2, 0) is 9.53 Å². The lowest BCUT2D eigenvalue weighted by Gasteiger charge is -2.62. The Kier molecular flexibility index (Phi) is 3.65. The topological polar surface area (TPSA) is 99.1 Å². The summed E-state index contributed by atoms with van der Waals surface area (Å²) in [6.45, 7) is 6.40. The van der Waals surface area contributed by atoms with Crippen LogP contribution in [0.15, 0.2) is 0 Å².